The van der Waals surface area contributed by atoms with Crippen LogP contribution in [-0.4, -0.2) is 0 Å². The zero-order valence-corrected chi connectivity index (χ0v) is 19.8. The van der Waals surface area contributed by atoms with Crippen LogP contribution < -0.4 is 24.8 Å². The zero-order chi connectivity index (χ0) is 16.2. The molecule has 0 fully saturated rings. The number of rotatable bonds is 2. The minimum atomic E-state index is -0.0724. The van der Waals surface area contributed by atoms with Gasteiger partial charge in [-0.2, -0.15) is 12.1 Å². The molecule has 0 aliphatic heterocycles. The van der Waals surface area contributed by atoms with Gasteiger partial charge in [0.05, 0.1) is 0 Å². The molecule has 0 atom stereocenters. The summed E-state index contributed by atoms with van der Waals surface area (Å²) in [7, 11) is 0. The summed E-state index contributed by atoms with van der Waals surface area (Å²) in [5, 5.41) is 6.41. The van der Waals surface area contributed by atoms with Gasteiger partial charge in [0.1, 0.15) is 0 Å². The van der Waals surface area contributed by atoms with Crippen LogP contribution in [0.5, 0.6) is 0 Å². The smallest absolute Gasteiger partial charge is 1.00 e. The van der Waals surface area contributed by atoms with E-state index in [9.17, 15) is 0 Å². The van der Waals surface area contributed by atoms with Crippen molar-refractivity contribution in [3.8, 4) is 0 Å². The van der Waals surface area contributed by atoms with Crippen LogP contribution in [0.2, 0.25) is 10.0 Å². The standard InChI is InChI=1S/C21H16Cl2.2ClH.Zr/c1-21(2,17-7-13-3-5-19(22)11-15(13)9-17)18-8-14-4-6-20(23)12-16(14)10-18;;;/h3-12H,1-2H3;2*1H;/q-2;;;+4/p-2. The molecule has 0 radical (unpaired) electrons. The van der Waals surface area contributed by atoms with Crippen molar-refractivity contribution >= 4 is 44.7 Å². The largest absolute Gasteiger partial charge is 4.00 e. The number of benzene rings is 2. The molecule has 0 aliphatic rings. The minimum Gasteiger partial charge on any atom is -1.00 e. The molecule has 26 heavy (non-hydrogen) atoms. The van der Waals surface area contributed by atoms with Crippen molar-refractivity contribution in [1.82, 2.24) is 0 Å². The monoisotopic (exact) mass is 498 g/mol. The first kappa shape index (κ1) is 23.7. The Labute approximate surface area is 195 Å². The molecule has 0 nitrogen and oxygen atoms in total. The summed E-state index contributed by atoms with van der Waals surface area (Å²) in [5.41, 5.74) is 2.53. The van der Waals surface area contributed by atoms with Gasteiger partial charge >= 0.3 is 26.2 Å². The molecule has 0 aliphatic carbocycles. The van der Waals surface area contributed by atoms with Crippen LogP contribution in [0.15, 0.2) is 60.7 Å². The third-order valence-corrected chi connectivity index (χ3v) is 5.26. The second kappa shape index (κ2) is 8.80. The van der Waals surface area contributed by atoms with E-state index in [1.807, 2.05) is 24.3 Å². The van der Waals surface area contributed by atoms with Crippen molar-refractivity contribution in [3.63, 3.8) is 0 Å². The zero-order valence-electron chi connectivity index (χ0n) is 14.3. The van der Waals surface area contributed by atoms with E-state index in [-0.39, 0.29) is 56.4 Å². The molecule has 4 aromatic carbocycles. The Morgan fingerprint density at radius 2 is 1.08 bits per heavy atom. The van der Waals surface area contributed by atoms with Crippen molar-refractivity contribution < 1.29 is 51.0 Å². The maximum absolute atomic E-state index is 6.11. The molecule has 4 aromatic rings. The van der Waals surface area contributed by atoms with E-state index in [1.54, 1.807) is 0 Å². The van der Waals surface area contributed by atoms with Gasteiger partial charge in [0, 0.05) is 10.0 Å². The summed E-state index contributed by atoms with van der Waals surface area (Å²) >= 11 is 12.2. The van der Waals surface area contributed by atoms with Gasteiger partial charge in [0.15, 0.2) is 0 Å². The maximum atomic E-state index is 6.11. The van der Waals surface area contributed by atoms with Crippen LogP contribution in [0.4, 0.5) is 0 Å². The van der Waals surface area contributed by atoms with Gasteiger partial charge in [0.25, 0.3) is 0 Å². The second-order valence-electron chi connectivity index (χ2n) is 6.66. The maximum Gasteiger partial charge on any atom is 4.00 e. The molecule has 0 bridgehead atoms. The molecule has 0 heterocycles. The summed E-state index contributed by atoms with van der Waals surface area (Å²) in [5.74, 6) is 0. The quantitative estimate of drug-likeness (QED) is 0.361. The Bertz CT molecular complexity index is 945. The average molecular weight is 501 g/mol. The summed E-state index contributed by atoms with van der Waals surface area (Å²) < 4.78 is 0. The van der Waals surface area contributed by atoms with Crippen LogP contribution in [0, 0.1) is 0 Å². The van der Waals surface area contributed by atoms with Crippen LogP contribution >= 0.6 is 23.2 Å². The summed E-state index contributed by atoms with van der Waals surface area (Å²) in [6.07, 6.45) is 0. The topological polar surface area (TPSA) is 0 Å². The van der Waals surface area contributed by atoms with Gasteiger partial charge in [-0.1, -0.05) is 61.3 Å². The van der Waals surface area contributed by atoms with Crippen molar-refractivity contribution in [2.75, 3.05) is 0 Å². The van der Waals surface area contributed by atoms with E-state index in [2.05, 4.69) is 50.2 Å². The van der Waals surface area contributed by atoms with Crippen LogP contribution in [-0.2, 0) is 31.6 Å². The molecule has 0 aromatic heterocycles. The fourth-order valence-electron chi connectivity index (χ4n) is 3.25. The molecule has 5 heteroatoms. The van der Waals surface area contributed by atoms with Gasteiger partial charge in [0.2, 0.25) is 0 Å². The number of fused-ring (bicyclic) bond motifs is 2. The van der Waals surface area contributed by atoms with E-state index in [0.29, 0.717) is 0 Å². The first-order valence-electron chi connectivity index (χ1n) is 7.66. The van der Waals surface area contributed by atoms with Crippen molar-refractivity contribution in [2.45, 2.75) is 19.3 Å². The number of hydrogen-bond acceptors (Lipinski definition) is 0. The average Bonchev–Trinajstić information content (AvgIpc) is 3.10. The van der Waals surface area contributed by atoms with Gasteiger partial charge < -0.3 is 24.8 Å². The van der Waals surface area contributed by atoms with Crippen LogP contribution in [0.3, 0.4) is 0 Å². The molecular weight excluding hydrogens is 485 g/mol. The number of halogens is 4. The van der Waals surface area contributed by atoms with Crippen molar-refractivity contribution in [3.05, 3.63) is 81.8 Å². The second-order valence-corrected chi connectivity index (χ2v) is 7.53. The van der Waals surface area contributed by atoms with Gasteiger partial charge in [-0.3, -0.25) is 0 Å². The predicted molar refractivity (Wildman–Crippen MR) is 101 cm³/mol. The predicted octanol–water partition coefficient (Wildman–Crippen LogP) is 1.07. The molecule has 0 saturated carbocycles. The third-order valence-electron chi connectivity index (χ3n) is 4.79. The summed E-state index contributed by atoms with van der Waals surface area (Å²) in [4.78, 5) is 0. The summed E-state index contributed by atoms with van der Waals surface area (Å²) in [6.45, 7) is 4.53. The molecule has 4 rings (SSSR count). The van der Waals surface area contributed by atoms with Crippen molar-refractivity contribution in [1.29, 1.82) is 0 Å². The summed E-state index contributed by atoms with van der Waals surface area (Å²) in [6, 6.07) is 21.1. The Kier molecular flexibility index (Phi) is 8.04. The van der Waals surface area contributed by atoms with E-state index in [0.717, 1.165) is 10.0 Å². The molecule has 0 unspecified atom stereocenters. The van der Waals surface area contributed by atoms with Crippen LogP contribution in [0.1, 0.15) is 25.0 Å². The minimum absolute atomic E-state index is 0. The van der Waals surface area contributed by atoms with E-state index in [4.69, 9.17) is 23.2 Å². The van der Waals surface area contributed by atoms with Gasteiger partial charge in [-0.15, -0.1) is 56.9 Å². The molecule has 0 N–H and O–H groups in total. The Hall–Kier alpha value is -0.297. The number of hydrogen-bond donors (Lipinski definition) is 0. The van der Waals surface area contributed by atoms with Crippen LogP contribution in [0.25, 0.3) is 21.5 Å². The molecule has 0 spiro atoms. The van der Waals surface area contributed by atoms with Gasteiger partial charge in [-0.25, -0.2) is 0 Å². The van der Waals surface area contributed by atoms with E-state index in [1.165, 1.54) is 32.7 Å². The van der Waals surface area contributed by atoms with Gasteiger partial charge in [-0.05, 0) is 5.41 Å². The first-order chi connectivity index (χ1) is 10.9. The van der Waals surface area contributed by atoms with Crippen molar-refractivity contribution in [2.24, 2.45) is 0 Å². The Balaban J connectivity index is 0.00000113. The van der Waals surface area contributed by atoms with E-state index >= 15 is 0 Å². The first-order valence-corrected chi connectivity index (χ1v) is 8.42. The molecule has 0 amide bonds. The molecular formula is C21H16Cl4Zr. The Morgan fingerprint density at radius 3 is 1.46 bits per heavy atom. The third kappa shape index (κ3) is 4.24. The SMILES string of the molecule is CC(C)(c1cc2cc(Cl)ccc2[cH-]1)c1cc2cc(Cl)ccc2[cH-]1.[Cl-].[Cl-].[Zr+4]. The fourth-order valence-corrected chi connectivity index (χ4v) is 3.61. The molecule has 132 valence electrons. The fraction of sp³-hybridized carbons (Fsp3) is 0.143. The normalized spacial score (nSPS) is 10.9. The molecule has 0 saturated heterocycles. The van der Waals surface area contributed by atoms with E-state index < -0.39 is 0 Å². The Morgan fingerprint density at radius 1 is 0.692 bits per heavy atom.